The number of hydrogen-bond acceptors (Lipinski definition) is 5. The van der Waals surface area contributed by atoms with Crippen LogP contribution >= 0.6 is 11.8 Å². The van der Waals surface area contributed by atoms with Crippen molar-refractivity contribution in [3.05, 3.63) is 64.6 Å². The third-order valence-corrected chi connectivity index (χ3v) is 5.20. The Labute approximate surface area is 180 Å². The molecule has 0 bridgehead atoms. The Kier molecular flexibility index (Phi) is 6.95. The molecule has 6 nitrogen and oxygen atoms in total. The van der Waals surface area contributed by atoms with Crippen LogP contribution in [-0.2, 0) is 9.59 Å². The van der Waals surface area contributed by atoms with E-state index in [0.29, 0.717) is 29.5 Å². The van der Waals surface area contributed by atoms with Crippen molar-refractivity contribution in [2.75, 3.05) is 18.5 Å². The lowest BCUT2D eigenvalue weighted by atomic mass is 10.1. The number of imide groups is 1. The molecule has 1 N–H and O–H groups in total. The number of anilines is 1. The molecule has 2 aromatic carbocycles. The number of nitrogens with one attached hydrogen (secondary N) is 1. The molecule has 30 heavy (non-hydrogen) atoms. The van der Waals surface area contributed by atoms with Crippen molar-refractivity contribution in [1.82, 2.24) is 4.90 Å². The fourth-order valence-electron chi connectivity index (χ4n) is 2.75. The summed E-state index contributed by atoms with van der Waals surface area (Å²) in [5.74, 6) is 0.0956. The monoisotopic (exact) mass is 424 g/mol. The molecule has 0 aromatic heterocycles. The Bertz CT molecular complexity index is 983. The van der Waals surface area contributed by atoms with Crippen LogP contribution in [0.1, 0.15) is 25.0 Å². The molecule has 1 saturated heterocycles. The number of carbonyl (C=O) groups is 3. The van der Waals surface area contributed by atoms with E-state index in [1.165, 1.54) is 0 Å². The van der Waals surface area contributed by atoms with Gasteiger partial charge in [0, 0.05) is 11.3 Å². The zero-order valence-corrected chi connectivity index (χ0v) is 18.0. The van der Waals surface area contributed by atoms with Crippen LogP contribution in [0.4, 0.5) is 10.5 Å². The smallest absolute Gasteiger partial charge is 0.294 e. The van der Waals surface area contributed by atoms with Crippen molar-refractivity contribution in [1.29, 1.82) is 0 Å². The van der Waals surface area contributed by atoms with Crippen molar-refractivity contribution in [2.45, 2.75) is 20.8 Å². The van der Waals surface area contributed by atoms with Gasteiger partial charge in [-0.2, -0.15) is 0 Å². The molecule has 1 aliphatic rings. The number of carbonyl (C=O) groups excluding carboxylic acids is 3. The third kappa shape index (κ3) is 5.51. The standard InChI is InChI=1S/C23H24N2O4S/c1-15(2)14-29-19-7-5-4-6-17(19)12-20-22(27)25(23(28)30-20)13-21(26)24-18-10-8-16(3)9-11-18/h4-12,15H,13-14H2,1-3H3,(H,24,26)/b20-12+. The van der Waals surface area contributed by atoms with Gasteiger partial charge in [-0.15, -0.1) is 0 Å². The topological polar surface area (TPSA) is 75.7 Å². The minimum Gasteiger partial charge on any atom is -0.493 e. The number of nitrogens with zero attached hydrogens (tertiary/aromatic N) is 1. The van der Waals surface area contributed by atoms with Crippen LogP contribution in [-0.4, -0.2) is 35.1 Å². The van der Waals surface area contributed by atoms with Crippen LogP contribution in [0.5, 0.6) is 5.75 Å². The first-order valence-electron chi connectivity index (χ1n) is 9.67. The Morgan fingerprint density at radius 1 is 1.13 bits per heavy atom. The van der Waals surface area contributed by atoms with Gasteiger partial charge in [-0.05, 0) is 48.9 Å². The van der Waals surface area contributed by atoms with E-state index in [-0.39, 0.29) is 11.4 Å². The van der Waals surface area contributed by atoms with E-state index < -0.39 is 17.1 Å². The first-order valence-corrected chi connectivity index (χ1v) is 10.5. The molecule has 0 radical (unpaired) electrons. The number of hydrogen-bond donors (Lipinski definition) is 1. The molecular formula is C23H24N2O4S. The van der Waals surface area contributed by atoms with Gasteiger partial charge in [-0.1, -0.05) is 49.7 Å². The lowest BCUT2D eigenvalue weighted by Gasteiger charge is -2.13. The molecule has 3 amide bonds. The molecule has 1 heterocycles. The second kappa shape index (κ2) is 9.63. The van der Waals surface area contributed by atoms with Crippen LogP contribution in [0.2, 0.25) is 0 Å². The number of aryl methyl sites for hydroxylation is 1. The lowest BCUT2D eigenvalue weighted by Crippen LogP contribution is -2.36. The van der Waals surface area contributed by atoms with Gasteiger partial charge in [-0.25, -0.2) is 0 Å². The fraction of sp³-hybridized carbons (Fsp3) is 0.261. The first kappa shape index (κ1) is 21.6. The zero-order chi connectivity index (χ0) is 21.7. The lowest BCUT2D eigenvalue weighted by molar-refractivity contribution is -0.127. The summed E-state index contributed by atoms with van der Waals surface area (Å²) in [7, 11) is 0. The molecule has 0 aliphatic carbocycles. The van der Waals surface area contributed by atoms with Crippen LogP contribution in [0.3, 0.4) is 0 Å². The molecular weight excluding hydrogens is 400 g/mol. The molecule has 2 aromatic rings. The second-order valence-corrected chi connectivity index (χ2v) is 8.42. The van der Waals surface area contributed by atoms with Gasteiger partial charge < -0.3 is 10.1 Å². The van der Waals surface area contributed by atoms with Crippen LogP contribution in [0.25, 0.3) is 6.08 Å². The maximum Gasteiger partial charge on any atom is 0.294 e. The largest absolute Gasteiger partial charge is 0.493 e. The van der Waals surface area contributed by atoms with Gasteiger partial charge in [0.15, 0.2) is 0 Å². The average Bonchev–Trinajstić information content (AvgIpc) is 2.96. The highest BCUT2D eigenvalue weighted by Gasteiger charge is 2.36. The van der Waals surface area contributed by atoms with E-state index in [1.54, 1.807) is 18.2 Å². The quantitative estimate of drug-likeness (QED) is 0.652. The summed E-state index contributed by atoms with van der Waals surface area (Å²) in [4.78, 5) is 38.6. The summed E-state index contributed by atoms with van der Waals surface area (Å²) in [6, 6.07) is 14.6. The number of rotatable bonds is 7. The molecule has 1 aliphatic heterocycles. The summed E-state index contributed by atoms with van der Waals surface area (Å²) < 4.78 is 5.81. The first-order chi connectivity index (χ1) is 14.3. The van der Waals surface area contributed by atoms with Crippen molar-refractivity contribution in [3.8, 4) is 5.75 Å². The second-order valence-electron chi connectivity index (χ2n) is 7.42. The summed E-state index contributed by atoms with van der Waals surface area (Å²) >= 11 is 0.823. The van der Waals surface area contributed by atoms with Gasteiger partial charge in [0.25, 0.3) is 11.1 Å². The minimum absolute atomic E-state index is 0.267. The van der Waals surface area contributed by atoms with Crippen LogP contribution in [0.15, 0.2) is 53.4 Å². The van der Waals surface area contributed by atoms with Crippen molar-refractivity contribution >= 4 is 40.6 Å². The SMILES string of the molecule is Cc1ccc(NC(=O)CN2C(=O)S/C(=C/c3ccccc3OCC(C)C)C2=O)cc1. The molecule has 156 valence electrons. The zero-order valence-electron chi connectivity index (χ0n) is 17.2. The summed E-state index contributed by atoms with van der Waals surface area (Å²) in [5, 5.41) is 2.24. The molecule has 0 saturated carbocycles. The highest BCUT2D eigenvalue weighted by atomic mass is 32.2. The molecule has 1 fully saturated rings. The predicted octanol–water partition coefficient (Wildman–Crippen LogP) is 4.70. The summed E-state index contributed by atoms with van der Waals surface area (Å²) in [6.07, 6.45) is 1.64. The Balaban J connectivity index is 1.70. The maximum absolute atomic E-state index is 12.7. The Hall–Kier alpha value is -3.06. The highest BCUT2D eigenvalue weighted by Crippen LogP contribution is 2.34. The van der Waals surface area contributed by atoms with E-state index in [4.69, 9.17) is 4.74 Å². The van der Waals surface area contributed by atoms with Crippen molar-refractivity contribution in [2.24, 2.45) is 5.92 Å². The van der Waals surface area contributed by atoms with E-state index in [1.807, 2.05) is 43.3 Å². The molecule has 3 rings (SSSR count). The fourth-order valence-corrected chi connectivity index (χ4v) is 3.58. The number of benzene rings is 2. The number of amides is 3. The Morgan fingerprint density at radius 3 is 2.53 bits per heavy atom. The summed E-state index contributed by atoms with van der Waals surface area (Å²) in [6.45, 7) is 6.27. The number of ether oxygens (including phenoxy) is 1. The highest BCUT2D eigenvalue weighted by molar-refractivity contribution is 8.18. The van der Waals surface area contributed by atoms with Crippen LogP contribution in [0, 0.1) is 12.8 Å². The van der Waals surface area contributed by atoms with Gasteiger partial charge in [0.1, 0.15) is 12.3 Å². The van der Waals surface area contributed by atoms with Gasteiger partial charge in [-0.3, -0.25) is 19.3 Å². The predicted molar refractivity (Wildman–Crippen MR) is 119 cm³/mol. The normalized spacial score (nSPS) is 15.2. The number of thioether (sulfide) groups is 1. The summed E-state index contributed by atoms with van der Waals surface area (Å²) in [5.41, 5.74) is 2.40. The molecule has 7 heteroatoms. The van der Waals surface area contributed by atoms with Gasteiger partial charge >= 0.3 is 0 Å². The molecule has 0 spiro atoms. The van der Waals surface area contributed by atoms with Gasteiger partial charge in [0.05, 0.1) is 11.5 Å². The van der Waals surface area contributed by atoms with E-state index >= 15 is 0 Å². The maximum atomic E-state index is 12.7. The van der Waals surface area contributed by atoms with E-state index in [0.717, 1.165) is 22.2 Å². The third-order valence-electron chi connectivity index (χ3n) is 4.29. The van der Waals surface area contributed by atoms with Crippen molar-refractivity contribution in [3.63, 3.8) is 0 Å². The molecule has 0 unspecified atom stereocenters. The number of para-hydroxylation sites is 1. The molecule has 0 atom stereocenters. The minimum atomic E-state index is -0.484. The van der Waals surface area contributed by atoms with Gasteiger partial charge in [0.2, 0.25) is 5.91 Å². The van der Waals surface area contributed by atoms with Crippen molar-refractivity contribution < 1.29 is 19.1 Å². The Morgan fingerprint density at radius 2 is 1.83 bits per heavy atom. The average molecular weight is 425 g/mol. The van der Waals surface area contributed by atoms with E-state index in [2.05, 4.69) is 19.2 Å². The van der Waals surface area contributed by atoms with E-state index in [9.17, 15) is 14.4 Å². The van der Waals surface area contributed by atoms with Crippen LogP contribution < -0.4 is 10.1 Å².